The number of amidine groups is 1. The molecule has 1 aromatic rings. The monoisotopic (exact) mass is 246 g/mol. The van der Waals surface area contributed by atoms with Crippen molar-refractivity contribution in [2.75, 3.05) is 11.4 Å². The summed E-state index contributed by atoms with van der Waals surface area (Å²) in [5, 5.41) is 7.57. The lowest BCUT2D eigenvalue weighted by Crippen LogP contribution is -2.31. The molecule has 1 heterocycles. The van der Waals surface area contributed by atoms with Gasteiger partial charge in [0, 0.05) is 23.8 Å². The number of hydrogen-bond acceptors (Lipinski definition) is 3. The van der Waals surface area contributed by atoms with Crippen LogP contribution in [0.15, 0.2) is 12.1 Å². The van der Waals surface area contributed by atoms with Crippen LogP contribution < -0.4 is 10.6 Å². The number of hydrogen-bond donors (Lipinski definition) is 2. The zero-order valence-corrected chi connectivity index (χ0v) is 11.4. The van der Waals surface area contributed by atoms with Crippen molar-refractivity contribution in [3.63, 3.8) is 0 Å². The minimum atomic E-state index is 0.113. The Morgan fingerprint density at radius 3 is 2.67 bits per heavy atom. The molecule has 0 aliphatic heterocycles. The van der Waals surface area contributed by atoms with Crippen molar-refractivity contribution < 1.29 is 0 Å². The first-order valence-electron chi connectivity index (χ1n) is 6.57. The number of nitrogen functional groups attached to an aromatic ring is 1. The maximum atomic E-state index is 7.57. The summed E-state index contributed by atoms with van der Waals surface area (Å²) in [5.74, 6) is 1.69. The molecule has 2 rings (SSSR count). The Morgan fingerprint density at radius 2 is 2.17 bits per heavy atom. The first kappa shape index (κ1) is 12.9. The predicted octanol–water partition coefficient (Wildman–Crippen LogP) is 2.30. The third kappa shape index (κ3) is 3.00. The molecule has 0 aromatic carbocycles. The average molecular weight is 246 g/mol. The van der Waals surface area contributed by atoms with E-state index in [0.29, 0.717) is 12.0 Å². The second-order valence-electron chi connectivity index (χ2n) is 5.55. The highest BCUT2D eigenvalue weighted by molar-refractivity contribution is 5.95. The molecule has 3 N–H and O–H groups in total. The van der Waals surface area contributed by atoms with Crippen molar-refractivity contribution in [1.29, 1.82) is 5.41 Å². The molecule has 0 atom stereocenters. The highest BCUT2D eigenvalue weighted by atomic mass is 15.2. The van der Waals surface area contributed by atoms with Crippen molar-refractivity contribution >= 4 is 11.7 Å². The van der Waals surface area contributed by atoms with Crippen LogP contribution in [0.3, 0.4) is 0 Å². The molecule has 1 aliphatic rings. The summed E-state index contributed by atoms with van der Waals surface area (Å²) in [4.78, 5) is 6.97. The largest absolute Gasteiger partial charge is 0.384 e. The molecule has 4 nitrogen and oxygen atoms in total. The van der Waals surface area contributed by atoms with Crippen LogP contribution in [0.1, 0.15) is 37.9 Å². The van der Waals surface area contributed by atoms with E-state index in [0.717, 1.165) is 23.6 Å². The van der Waals surface area contributed by atoms with E-state index in [2.05, 4.69) is 23.7 Å². The van der Waals surface area contributed by atoms with Crippen LogP contribution in [0.25, 0.3) is 0 Å². The highest BCUT2D eigenvalue weighted by Crippen LogP contribution is 2.31. The number of aromatic nitrogens is 1. The van der Waals surface area contributed by atoms with Gasteiger partial charge >= 0.3 is 0 Å². The molecule has 1 aliphatic carbocycles. The fourth-order valence-electron chi connectivity index (χ4n) is 2.16. The van der Waals surface area contributed by atoms with Crippen molar-refractivity contribution in [2.24, 2.45) is 11.7 Å². The Bertz CT molecular complexity index is 449. The van der Waals surface area contributed by atoms with Crippen LogP contribution >= 0.6 is 0 Å². The number of aryl methyl sites for hydroxylation is 1. The summed E-state index contributed by atoms with van der Waals surface area (Å²) in [6.07, 6.45) is 2.50. The summed E-state index contributed by atoms with van der Waals surface area (Å²) in [5.41, 5.74) is 7.28. The first-order chi connectivity index (χ1) is 8.47. The maximum Gasteiger partial charge on any atom is 0.129 e. The van der Waals surface area contributed by atoms with Gasteiger partial charge in [-0.05, 0) is 37.8 Å². The Balaban J connectivity index is 2.31. The third-order valence-corrected chi connectivity index (χ3v) is 3.09. The molecule has 1 aromatic heterocycles. The molecule has 0 radical (unpaired) electrons. The second-order valence-corrected chi connectivity index (χ2v) is 5.55. The van der Waals surface area contributed by atoms with Crippen LogP contribution in [-0.4, -0.2) is 23.4 Å². The number of nitrogens with zero attached hydrogens (tertiary/aromatic N) is 2. The Morgan fingerprint density at radius 1 is 1.50 bits per heavy atom. The molecular weight excluding hydrogens is 224 g/mol. The molecule has 1 saturated carbocycles. The highest BCUT2D eigenvalue weighted by Gasteiger charge is 2.30. The molecule has 1 fully saturated rings. The quantitative estimate of drug-likeness (QED) is 0.619. The molecule has 98 valence electrons. The molecule has 0 saturated heterocycles. The van der Waals surface area contributed by atoms with Gasteiger partial charge in [0.1, 0.15) is 11.7 Å². The summed E-state index contributed by atoms with van der Waals surface area (Å²) in [7, 11) is 0. The minimum absolute atomic E-state index is 0.113. The molecular formula is C14H22N4. The second kappa shape index (κ2) is 4.96. The van der Waals surface area contributed by atoms with E-state index in [1.165, 1.54) is 12.8 Å². The predicted molar refractivity (Wildman–Crippen MR) is 75.2 cm³/mol. The van der Waals surface area contributed by atoms with E-state index >= 15 is 0 Å². The molecule has 0 amide bonds. The number of pyridine rings is 1. The summed E-state index contributed by atoms with van der Waals surface area (Å²) < 4.78 is 0. The lowest BCUT2D eigenvalue weighted by atomic mass is 10.1. The fraction of sp³-hybridized carbons (Fsp3) is 0.571. The lowest BCUT2D eigenvalue weighted by molar-refractivity contribution is 0.602. The van der Waals surface area contributed by atoms with E-state index in [4.69, 9.17) is 11.1 Å². The van der Waals surface area contributed by atoms with Crippen molar-refractivity contribution in [3.8, 4) is 0 Å². The SMILES string of the molecule is Cc1cc(C(=N)N)cc(N(CC(C)C)C2CC2)n1. The van der Waals surface area contributed by atoms with Crippen LogP contribution in [-0.2, 0) is 0 Å². The van der Waals surface area contributed by atoms with Gasteiger partial charge in [-0.15, -0.1) is 0 Å². The van der Waals surface area contributed by atoms with Crippen molar-refractivity contribution in [2.45, 2.75) is 39.7 Å². The lowest BCUT2D eigenvalue weighted by Gasteiger charge is -2.26. The van der Waals surface area contributed by atoms with Crippen LogP contribution in [0.2, 0.25) is 0 Å². The Labute approximate surface area is 109 Å². The normalized spacial score (nSPS) is 14.9. The van der Waals surface area contributed by atoms with E-state index in [1.807, 2.05) is 19.1 Å². The van der Waals surface area contributed by atoms with Gasteiger partial charge in [0.25, 0.3) is 0 Å². The zero-order valence-electron chi connectivity index (χ0n) is 11.4. The molecule has 0 spiro atoms. The van der Waals surface area contributed by atoms with Gasteiger partial charge in [0.05, 0.1) is 0 Å². The van der Waals surface area contributed by atoms with Crippen LogP contribution in [0.5, 0.6) is 0 Å². The van der Waals surface area contributed by atoms with Gasteiger partial charge in [0.2, 0.25) is 0 Å². The number of anilines is 1. The average Bonchev–Trinajstić information content (AvgIpc) is 3.08. The zero-order chi connectivity index (χ0) is 13.3. The maximum absolute atomic E-state index is 7.57. The number of nitrogens with one attached hydrogen (secondary N) is 1. The summed E-state index contributed by atoms with van der Waals surface area (Å²) >= 11 is 0. The van der Waals surface area contributed by atoms with Gasteiger partial charge in [-0.1, -0.05) is 13.8 Å². The van der Waals surface area contributed by atoms with E-state index in [9.17, 15) is 0 Å². The molecule has 0 unspecified atom stereocenters. The van der Waals surface area contributed by atoms with E-state index in [-0.39, 0.29) is 5.84 Å². The van der Waals surface area contributed by atoms with Gasteiger partial charge in [0.15, 0.2) is 0 Å². The van der Waals surface area contributed by atoms with Crippen molar-refractivity contribution in [1.82, 2.24) is 4.98 Å². The van der Waals surface area contributed by atoms with Crippen LogP contribution in [0, 0.1) is 18.3 Å². The summed E-state index contributed by atoms with van der Waals surface area (Å²) in [6, 6.07) is 4.43. The third-order valence-electron chi connectivity index (χ3n) is 3.09. The first-order valence-corrected chi connectivity index (χ1v) is 6.57. The Kier molecular flexibility index (Phi) is 3.55. The number of nitrogens with two attached hydrogens (primary N) is 1. The Hall–Kier alpha value is -1.58. The van der Waals surface area contributed by atoms with Gasteiger partial charge in [-0.2, -0.15) is 0 Å². The van der Waals surface area contributed by atoms with Crippen molar-refractivity contribution in [3.05, 3.63) is 23.4 Å². The molecule has 4 heteroatoms. The topological polar surface area (TPSA) is 66.0 Å². The van der Waals surface area contributed by atoms with E-state index in [1.54, 1.807) is 0 Å². The van der Waals surface area contributed by atoms with Gasteiger partial charge in [-0.3, -0.25) is 5.41 Å². The fourth-order valence-corrected chi connectivity index (χ4v) is 2.16. The van der Waals surface area contributed by atoms with E-state index < -0.39 is 0 Å². The standard InChI is InChI=1S/C14H22N4/c1-9(2)8-18(12-4-5-12)13-7-11(14(15)16)6-10(3)17-13/h6-7,9,12H,4-5,8H2,1-3H3,(H3,15,16). The number of rotatable bonds is 5. The molecule has 0 bridgehead atoms. The van der Waals surface area contributed by atoms with Gasteiger partial charge in [-0.25, -0.2) is 4.98 Å². The minimum Gasteiger partial charge on any atom is -0.384 e. The van der Waals surface area contributed by atoms with Gasteiger partial charge < -0.3 is 10.6 Å². The smallest absolute Gasteiger partial charge is 0.129 e. The summed E-state index contributed by atoms with van der Waals surface area (Å²) in [6.45, 7) is 7.41. The van der Waals surface area contributed by atoms with Crippen LogP contribution in [0.4, 0.5) is 5.82 Å². The molecule has 18 heavy (non-hydrogen) atoms.